The molecule has 1 saturated heterocycles. The molecular weight excluding hydrogens is 452 g/mol. The second kappa shape index (κ2) is 14.0. The lowest BCUT2D eigenvalue weighted by atomic mass is 9.94. The monoisotopic (exact) mass is 486 g/mol. The van der Waals surface area contributed by atoms with Crippen LogP contribution in [0.3, 0.4) is 0 Å². The normalized spacial score (nSPS) is 13.8. The van der Waals surface area contributed by atoms with Crippen molar-refractivity contribution in [1.29, 1.82) is 0 Å². The predicted molar refractivity (Wildman–Crippen MR) is 130 cm³/mol. The Bertz CT molecular complexity index is 961. The third-order valence-corrected chi connectivity index (χ3v) is 5.91. The molecule has 0 saturated carbocycles. The number of para-hydroxylation sites is 1. The van der Waals surface area contributed by atoms with Crippen LogP contribution < -0.4 is 9.47 Å². The van der Waals surface area contributed by atoms with Gasteiger partial charge in [-0.2, -0.15) is 0 Å². The molecule has 35 heavy (non-hydrogen) atoms. The van der Waals surface area contributed by atoms with Gasteiger partial charge in [-0.05, 0) is 44.5 Å². The van der Waals surface area contributed by atoms with E-state index in [2.05, 4.69) is 30.0 Å². The van der Waals surface area contributed by atoms with Crippen molar-refractivity contribution in [1.82, 2.24) is 9.80 Å². The standard InChI is InChI=1S/C24H32N2O3.C2H2O4/c1-4-26(17-19-9-6-5-7-10-19)24(27)20-13-15-25(16-14-20)18-21-11-8-12-22(28-2)23(21)29-3;3-1(4)2(5)6/h5-12,20H,4,13-18H2,1-3H3;(H,3,4)(H,5,6). The Morgan fingerprint density at radius 3 is 2.09 bits per heavy atom. The van der Waals surface area contributed by atoms with Gasteiger partial charge in [0, 0.05) is 31.1 Å². The number of carboxylic acid groups (broad SMARTS) is 2. The summed E-state index contributed by atoms with van der Waals surface area (Å²) in [6, 6.07) is 16.2. The summed E-state index contributed by atoms with van der Waals surface area (Å²) in [7, 11) is 3.34. The highest BCUT2D eigenvalue weighted by molar-refractivity contribution is 6.27. The zero-order chi connectivity index (χ0) is 25.8. The first kappa shape index (κ1) is 27.7. The van der Waals surface area contributed by atoms with Crippen molar-refractivity contribution >= 4 is 17.8 Å². The zero-order valence-corrected chi connectivity index (χ0v) is 20.5. The molecule has 2 N–H and O–H groups in total. The van der Waals surface area contributed by atoms with Crippen LogP contribution in [-0.4, -0.2) is 71.7 Å². The highest BCUT2D eigenvalue weighted by atomic mass is 16.5. The number of rotatable bonds is 8. The molecule has 0 bridgehead atoms. The third-order valence-electron chi connectivity index (χ3n) is 5.91. The van der Waals surface area contributed by atoms with Gasteiger partial charge >= 0.3 is 11.9 Å². The Labute approximate surface area is 205 Å². The van der Waals surface area contributed by atoms with E-state index >= 15 is 0 Å². The highest BCUT2D eigenvalue weighted by Crippen LogP contribution is 2.32. The number of ether oxygens (including phenoxy) is 2. The summed E-state index contributed by atoms with van der Waals surface area (Å²) in [4.78, 5) is 35.6. The molecule has 0 atom stereocenters. The molecule has 1 amide bonds. The second-order valence-electron chi connectivity index (χ2n) is 8.15. The van der Waals surface area contributed by atoms with Gasteiger partial charge in [0.1, 0.15) is 0 Å². The third kappa shape index (κ3) is 8.29. The average Bonchev–Trinajstić information content (AvgIpc) is 2.88. The fraction of sp³-hybridized carbons (Fsp3) is 0.423. The van der Waals surface area contributed by atoms with Crippen LogP contribution in [0.15, 0.2) is 48.5 Å². The molecular formula is C26H34N2O7. The zero-order valence-electron chi connectivity index (χ0n) is 20.5. The fourth-order valence-electron chi connectivity index (χ4n) is 4.06. The average molecular weight is 487 g/mol. The van der Waals surface area contributed by atoms with E-state index in [1.165, 1.54) is 5.56 Å². The second-order valence-corrected chi connectivity index (χ2v) is 8.15. The summed E-state index contributed by atoms with van der Waals surface area (Å²) >= 11 is 0. The molecule has 9 nitrogen and oxygen atoms in total. The lowest BCUT2D eigenvalue weighted by Gasteiger charge is -2.34. The number of amides is 1. The van der Waals surface area contributed by atoms with Gasteiger partial charge in [-0.1, -0.05) is 42.5 Å². The minimum Gasteiger partial charge on any atom is -0.493 e. The number of hydrogen-bond donors (Lipinski definition) is 2. The van der Waals surface area contributed by atoms with Gasteiger partial charge in [0.15, 0.2) is 11.5 Å². The van der Waals surface area contributed by atoms with E-state index < -0.39 is 11.9 Å². The topological polar surface area (TPSA) is 117 Å². The van der Waals surface area contributed by atoms with Crippen molar-refractivity contribution in [2.75, 3.05) is 33.9 Å². The molecule has 0 aromatic heterocycles. The molecule has 190 valence electrons. The van der Waals surface area contributed by atoms with Crippen molar-refractivity contribution in [3.8, 4) is 11.5 Å². The first-order valence-electron chi connectivity index (χ1n) is 11.5. The molecule has 9 heteroatoms. The Balaban J connectivity index is 0.000000641. The Morgan fingerprint density at radius 2 is 1.57 bits per heavy atom. The number of carbonyl (C=O) groups excluding carboxylic acids is 1. The molecule has 1 heterocycles. The predicted octanol–water partition coefficient (Wildman–Crippen LogP) is 3.12. The van der Waals surface area contributed by atoms with E-state index in [1.54, 1.807) is 14.2 Å². The van der Waals surface area contributed by atoms with Crippen LogP contribution in [0, 0.1) is 5.92 Å². The van der Waals surface area contributed by atoms with Gasteiger partial charge in [-0.25, -0.2) is 9.59 Å². The Kier molecular flexibility index (Phi) is 11.0. The summed E-state index contributed by atoms with van der Waals surface area (Å²) in [5.41, 5.74) is 2.31. The van der Waals surface area contributed by atoms with E-state index in [0.717, 1.165) is 56.1 Å². The van der Waals surface area contributed by atoms with Crippen molar-refractivity contribution < 1.29 is 34.1 Å². The van der Waals surface area contributed by atoms with E-state index in [4.69, 9.17) is 29.3 Å². The largest absolute Gasteiger partial charge is 0.493 e. The van der Waals surface area contributed by atoms with Crippen LogP contribution in [0.25, 0.3) is 0 Å². The highest BCUT2D eigenvalue weighted by Gasteiger charge is 2.28. The minimum atomic E-state index is -1.82. The number of carboxylic acids is 2. The molecule has 0 spiro atoms. The van der Waals surface area contributed by atoms with Gasteiger partial charge in [-0.15, -0.1) is 0 Å². The summed E-state index contributed by atoms with van der Waals surface area (Å²) in [5.74, 6) is -1.69. The van der Waals surface area contributed by atoms with Crippen molar-refractivity contribution in [3.63, 3.8) is 0 Å². The number of methoxy groups -OCH3 is 2. The van der Waals surface area contributed by atoms with Gasteiger partial charge in [0.2, 0.25) is 5.91 Å². The van der Waals surface area contributed by atoms with Gasteiger partial charge in [0.05, 0.1) is 14.2 Å². The Morgan fingerprint density at radius 1 is 0.943 bits per heavy atom. The molecule has 0 radical (unpaired) electrons. The summed E-state index contributed by atoms with van der Waals surface area (Å²) < 4.78 is 11.0. The number of piperidine rings is 1. The summed E-state index contributed by atoms with van der Waals surface area (Å²) in [6.07, 6.45) is 1.80. The van der Waals surface area contributed by atoms with E-state index in [0.29, 0.717) is 6.54 Å². The van der Waals surface area contributed by atoms with Crippen molar-refractivity contribution in [2.24, 2.45) is 5.92 Å². The molecule has 2 aromatic carbocycles. The molecule has 1 fully saturated rings. The van der Waals surface area contributed by atoms with Crippen LogP contribution in [0.2, 0.25) is 0 Å². The number of benzene rings is 2. The number of likely N-dealkylation sites (tertiary alicyclic amines) is 1. The van der Waals surface area contributed by atoms with Crippen molar-refractivity contribution in [3.05, 3.63) is 59.7 Å². The maximum absolute atomic E-state index is 13.1. The quantitative estimate of drug-likeness (QED) is 0.547. The molecule has 1 aliphatic rings. The number of carbonyl (C=O) groups is 3. The fourth-order valence-corrected chi connectivity index (χ4v) is 4.06. The minimum absolute atomic E-state index is 0.113. The van der Waals surface area contributed by atoms with Crippen LogP contribution >= 0.6 is 0 Å². The molecule has 0 unspecified atom stereocenters. The van der Waals surface area contributed by atoms with Gasteiger partial charge in [0.25, 0.3) is 0 Å². The van der Waals surface area contributed by atoms with Crippen LogP contribution in [0.4, 0.5) is 0 Å². The first-order valence-corrected chi connectivity index (χ1v) is 11.5. The van der Waals surface area contributed by atoms with E-state index in [-0.39, 0.29) is 11.8 Å². The van der Waals surface area contributed by atoms with Crippen molar-refractivity contribution in [2.45, 2.75) is 32.9 Å². The maximum Gasteiger partial charge on any atom is 0.414 e. The Hall–Kier alpha value is -3.59. The maximum atomic E-state index is 13.1. The number of aliphatic carboxylic acids is 2. The van der Waals surface area contributed by atoms with E-state index in [9.17, 15) is 4.79 Å². The van der Waals surface area contributed by atoms with Crippen LogP contribution in [0.1, 0.15) is 30.9 Å². The summed E-state index contributed by atoms with van der Waals surface area (Å²) in [6.45, 7) is 6.14. The van der Waals surface area contributed by atoms with Crippen LogP contribution in [-0.2, 0) is 27.5 Å². The van der Waals surface area contributed by atoms with Crippen LogP contribution in [0.5, 0.6) is 11.5 Å². The van der Waals surface area contributed by atoms with Gasteiger partial charge in [-0.3, -0.25) is 9.69 Å². The number of hydrogen-bond acceptors (Lipinski definition) is 6. The van der Waals surface area contributed by atoms with E-state index in [1.807, 2.05) is 35.2 Å². The molecule has 1 aliphatic heterocycles. The molecule has 0 aliphatic carbocycles. The molecule has 3 rings (SSSR count). The lowest BCUT2D eigenvalue weighted by Crippen LogP contribution is -2.42. The van der Waals surface area contributed by atoms with Gasteiger partial charge < -0.3 is 24.6 Å². The first-order chi connectivity index (χ1) is 16.8. The number of nitrogens with zero attached hydrogens (tertiary/aromatic N) is 2. The smallest absolute Gasteiger partial charge is 0.414 e. The summed E-state index contributed by atoms with van der Waals surface area (Å²) in [5, 5.41) is 14.8. The molecule has 2 aromatic rings. The SMILES string of the molecule is CCN(Cc1ccccc1)C(=O)C1CCN(Cc2cccc(OC)c2OC)CC1.O=C(O)C(=O)O. The lowest BCUT2D eigenvalue weighted by molar-refractivity contribution is -0.159.